The molecule has 0 radical (unpaired) electrons. The van der Waals surface area contributed by atoms with E-state index in [0.29, 0.717) is 16.6 Å². The van der Waals surface area contributed by atoms with Gasteiger partial charge in [-0.25, -0.2) is 0 Å². The minimum absolute atomic E-state index is 0.0961. The molecule has 0 unspecified atom stereocenters. The van der Waals surface area contributed by atoms with Gasteiger partial charge < -0.3 is 0 Å². The largest absolute Gasteiger partial charge is 0.295 e. The fraction of sp³-hybridized carbons (Fsp3) is 0.526. The quantitative estimate of drug-likeness (QED) is 0.410. The molecule has 0 saturated heterocycles. The van der Waals surface area contributed by atoms with E-state index < -0.39 is 8.07 Å². The molecule has 0 atom stereocenters. The van der Waals surface area contributed by atoms with E-state index in [2.05, 4.69) is 53.0 Å². The van der Waals surface area contributed by atoms with Crippen molar-refractivity contribution in [2.75, 3.05) is 0 Å². The summed E-state index contributed by atoms with van der Waals surface area (Å²) in [5.74, 6) is 3.48. The first-order chi connectivity index (χ1) is 9.71. The van der Waals surface area contributed by atoms with Crippen LogP contribution in [0.15, 0.2) is 24.3 Å². The second-order valence-corrected chi connectivity index (χ2v) is 12.4. The highest BCUT2D eigenvalue weighted by Gasteiger charge is 2.41. The third-order valence-corrected chi connectivity index (χ3v) is 10.8. The molecule has 0 spiro atoms. The highest BCUT2D eigenvalue weighted by Crippen LogP contribution is 2.40. The molecule has 2 heteroatoms. The smallest absolute Gasteiger partial charge is 0.159 e. The van der Waals surface area contributed by atoms with Crippen molar-refractivity contribution in [1.29, 1.82) is 0 Å². The van der Waals surface area contributed by atoms with Gasteiger partial charge in [0.15, 0.2) is 5.78 Å². The second kappa shape index (κ2) is 7.09. The average molecular weight is 301 g/mol. The minimum atomic E-state index is -1.70. The Hall–Kier alpha value is -1.33. The molecule has 1 rings (SSSR count). The Balaban J connectivity index is 3.28. The Morgan fingerprint density at radius 1 is 1.00 bits per heavy atom. The lowest BCUT2D eigenvalue weighted by molar-refractivity contribution is 0.101. The molecule has 1 aromatic rings. The molecule has 21 heavy (non-hydrogen) atoms. The van der Waals surface area contributed by atoms with Crippen LogP contribution in [0, 0.1) is 11.5 Å². The maximum absolute atomic E-state index is 11.5. The van der Waals surface area contributed by atoms with E-state index in [-0.39, 0.29) is 5.78 Å². The number of rotatable bonds is 4. The molecule has 1 aromatic carbocycles. The summed E-state index contributed by atoms with van der Waals surface area (Å²) in [5.41, 5.74) is 7.27. The van der Waals surface area contributed by atoms with Gasteiger partial charge in [-0.2, -0.15) is 0 Å². The van der Waals surface area contributed by atoms with Crippen LogP contribution in [0.5, 0.6) is 0 Å². The molecule has 0 amide bonds. The van der Waals surface area contributed by atoms with Gasteiger partial charge in [0.05, 0.1) is 0 Å². The van der Waals surface area contributed by atoms with Gasteiger partial charge in [0.25, 0.3) is 0 Å². The zero-order valence-corrected chi connectivity index (χ0v) is 15.4. The van der Waals surface area contributed by atoms with E-state index in [1.54, 1.807) is 6.92 Å². The lowest BCUT2D eigenvalue weighted by Gasteiger charge is -2.38. The Morgan fingerprint density at radius 3 is 1.95 bits per heavy atom. The first kappa shape index (κ1) is 17.7. The predicted octanol–water partition coefficient (Wildman–Crippen LogP) is 5.46. The minimum Gasteiger partial charge on any atom is -0.295 e. The zero-order chi connectivity index (χ0) is 16.2. The van der Waals surface area contributed by atoms with Crippen LogP contribution in [-0.2, 0) is 0 Å². The highest BCUT2D eigenvalue weighted by molar-refractivity contribution is 6.90. The molecule has 0 bridgehead atoms. The van der Waals surface area contributed by atoms with Crippen molar-refractivity contribution in [2.45, 2.75) is 65.1 Å². The van der Waals surface area contributed by atoms with Crippen LogP contribution in [-0.4, -0.2) is 13.9 Å². The third-order valence-electron chi connectivity index (χ3n) is 4.56. The number of Topliss-reactive ketones (excluding diaryl/α,β-unsaturated/α-hetero) is 1. The molecular weight excluding hydrogens is 272 g/mol. The van der Waals surface area contributed by atoms with Crippen molar-refractivity contribution in [1.82, 2.24) is 0 Å². The monoisotopic (exact) mass is 300 g/mol. The van der Waals surface area contributed by atoms with Crippen molar-refractivity contribution < 1.29 is 4.79 Å². The van der Waals surface area contributed by atoms with E-state index in [1.807, 2.05) is 24.3 Å². The third kappa shape index (κ3) is 3.86. The van der Waals surface area contributed by atoms with Gasteiger partial charge in [0.1, 0.15) is 8.07 Å². The summed E-state index contributed by atoms with van der Waals surface area (Å²) in [5, 5.41) is 0. The van der Waals surface area contributed by atoms with Crippen LogP contribution in [0.1, 0.15) is 64.4 Å². The van der Waals surface area contributed by atoms with Gasteiger partial charge in [0.2, 0.25) is 0 Å². The van der Waals surface area contributed by atoms with E-state index in [1.165, 1.54) is 0 Å². The molecule has 0 aliphatic rings. The number of carbonyl (C=O) groups excluding carboxylic acids is 1. The first-order valence-electron chi connectivity index (χ1n) is 7.86. The molecule has 0 saturated carbocycles. The van der Waals surface area contributed by atoms with Gasteiger partial charge in [-0.05, 0) is 35.7 Å². The number of hydrogen-bond donors (Lipinski definition) is 0. The van der Waals surface area contributed by atoms with Crippen molar-refractivity contribution in [3.05, 3.63) is 35.4 Å². The molecule has 1 nitrogen and oxygen atoms in total. The van der Waals surface area contributed by atoms with Crippen LogP contribution in [0.25, 0.3) is 0 Å². The zero-order valence-electron chi connectivity index (χ0n) is 14.4. The molecule has 0 fully saturated rings. The number of carbonyl (C=O) groups is 1. The molecule has 0 heterocycles. The first-order valence-corrected chi connectivity index (χ1v) is 10.1. The van der Waals surface area contributed by atoms with Crippen molar-refractivity contribution in [2.24, 2.45) is 0 Å². The van der Waals surface area contributed by atoms with Crippen LogP contribution < -0.4 is 0 Å². The van der Waals surface area contributed by atoms with Gasteiger partial charge in [0, 0.05) is 11.1 Å². The van der Waals surface area contributed by atoms with Gasteiger partial charge in [-0.15, -0.1) is 5.54 Å². The molecule has 0 aliphatic heterocycles. The second-order valence-electron chi connectivity index (χ2n) is 6.78. The summed E-state index contributed by atoms with van der Waals surface area (Å²) in [6, 6.07) is 7.69. The number of hydrogen-bond acceptors (Lipinski definition) is 1. The van der Waals surface area contributed by atoms with E-state index in [4.69, 9.17) is 0 Å². The Morgan fingerprint density at radius 2 is 1.52 bits per heavy atom. The fourth-order valence-electron chi connectivity index (χ4n) is 3.43. The SMILES string of the molecule is CC(=O)c1cccc(C#C[Si](C(C)C)(C(C)C)C(C)C)c1. The van der Waals surface area contributed by atoms with Crippen LogP contribution in [0.3, 0.4) is 0 Å². The van der Waals surface area contributed by atoms with E-state index >= 15 is 0 Å². The van der Waals surface area contributed by atoms with Crippen LogP contribution in [0.4, 0.5) is 0 Å². The normalized spacial score (nSPS) is 11.7. The predicted molar refractivity (Wildman–Crippen MR) is 94.4 cm³/mol. The van der Waals surface area contributed by atoms with Crippen molar-refractivity contribution in [3.8, 4) is 11.5 Å². The topological polar surface area (TPSA) is 17.1 Å². The van der Waals surface area contributed by atoms with E-state index in [0.717, 1.165) is 11.1 Å². The molecule has 0 aromatic heterocycles. The van der Waals surface area contributed by atoms with E-state index in [9.17, 15) is 4.79 Å². The number of ketones is 1. The maximum Gasteiger partial charge on any atom is 0.159 e. The summed E-state index contributed by atoms with van der Waals surface area (Å²) in [6.45, 7) is 15.5. The maximum atomic E-state index is 11.5. The standard InChI is InChI=1S/C19H28OSi/c1-14(2)21(15(3)4,16(5)6)12-11-18-9-8-10-19(13-18)17(7)20/h8-10,13-16H,1-7H3. The molecule has 0 N–H and O–H groups in total. The summed E-state index contributed by atoms with van der Waals surface area (Å²) in [6.07, 6.45) is 0. The van der Waals surface area contributed by atoms with Gasteiger partial charge >= 0.3 is 0 Å². The summed E-state index contributed by atoms with van der Waals surface area (Å²) in [4.78, 5) is 11.5. The molecule has 0 aliphatic carbocycles. The van der Waals surface area contributed by atoms with Crippen molar-refractivity contribution in [3.63, 3.8) is 0 Å². The van der Waals surface area contributed by atoms with Crippen LogP contribution >= 0.6 is 0 Å². The van der Waals surface area contributed by atoms with Gasteiger partial charge in [-0.1, -0.05) is 59.6 Å². The Labute approximate surface area is 131 Å². The number of benzene rings is 1. The van der Waals surface area contributed by atoms with Crippen molar-refractivity contribution >= 4 is 13.9 Å². The summed E-state index contributed by atoms with van der Waals surface area (Å²) < 4.78 is 0. The van der Waals surface area contributed by atoms with Gasteiger partial charge in [-0.3, -0.25) is 4.79 Å². The lowest BCUT2D eigenvalue weighted by Crippen LogP contribution is -2.43. The summed E-state index contributed by atoms with van der Waals surface area (Å²) >= 11 is 0. The average Bonchev–Trinajstić information content (AvgIpc) is 2.38. The summed E-state index contributed by atoms with van der Waals surface area (Å²) in [7, 11) is -1.70. The van der Waals surface area contributed by atoms with Crippen LogP contribution in [0.2, 0.25) is 16.6 Å². The molecule has 114 valence electrons. The highest BCUT2D eigenvalue weighted by atomic mass is 28.3. The fourth-order valence-corrected chi connectivity index (χ4v) is 8.66. The Bertz CT molecular complexity index is 537. The molecular formula is C19H28OSi. The lowest BCUT2D eigenvalue weighted by atomic mass is 10.1. The Kier molecular flexibility index (Phi) is 5.98.